The predicted octanol–water partition coefficient (Wildman–Crippen LogP) is 3.51. The van der Waals surface area contributed by atoms with Gasteiger partial charge in [0.2, 0.25) is 10.0 Å². The maximum atomic E-state index is 13.0. The average Bonchev–Trinajstić information content (AvgIpc) is 2.66. The van der Waals surface area contributed by atoms with Crippen LogP contribution < -0.4 is 9.62 Å². The minimum Gasteiger partial charge on any atom is -0.357 e. The Morgan fingerprint density at radius 1 is 1.07 bits per heavy atom. The zero-order valence-corrected chi connectivity index (χ0v) is 17.4. The van der Waals surface area contributed by atoms with E-state index in [1.165, 1.54) is 0 Å². The highest BCUT2D eigenvalue weighted by molar-refractivity contribution is 7.89. The molecule has 1 aromatic carbocycles. The molecule has 0 bridgehead atoms. The fourth-order valence-electron chi connectivity index (χ4n) is 3.79. The third-order valence-corrected chi connectivity index (χ3v) is 7.41. The summed E-state index contributed by atoms with van der Waals surface area (Å²) in [6.07, 6.45) is 3.73. The molecule has 0 radical (unpaired) electrons. The monoisotopic (exact) mass is 387 g/mol. The van der Waals surface area contributed by atoms with E-state index < -0.39 is 10.0 Å². The average molecular weight is 388 g/mol. The van der Waals surface area contributed by atoms with E-state index in [1.807, 2.05) is 52.1 Å². The molecular formula is C21H29N3O2S. The second kappa shape index (κ2) is 7.98. The summed E-state index contributed by atoms with van der Waals surface area (Å²) in [6.45, 7) is 10.0. The van der Waals surface area contributed by atoms with Gasteiger partial charge in [0.1, 0.15) is 5.82 Å². The molecule has 1 aliphatic rings. The van der Waals surface area contributed by atoms with E-state index in [1.54, 1.807) is 0 Å². The molecule has 2 aromatic rings. The second-order valence-electron chi connectivity index (χ2n) is 7.56. The lowest BCUT2D eigenvalue weighted by molar-refractivity contribution is 0.400. The Morgan fingerprint density at radius 2 is 1.70 bits per heavy atom. The molecular weight excluding hydrogens is 358 g/mol. The third-order valence-electron chi connectivity index (χ3n) is 5.72. The number of rotatable bonds is 5. The molecule has 6 heteroatoms. The largest absolute Gasteiger partial charge is 0.357 e. The summed E-state index contributed by atoms with van der Waals surface area (Å²) in [5.41, 5.74) is 3.72. The molecule has 1 aliphatic heterocycles. The molecule has 5 nitrogen and oxygen atoms in total. The molecule has 0 amide bonds. The van der Waals surface area contributed by atoms with Crippen molar-refractivity contribution in [3.8, 4) is 0 Å². The van der Waals surface area contributed by atoms with E-state index >= 15 is 0 Å². The van der Waals surface area contributed by atoms with E-state index in [-0.39, 0.29) is 0 Å². The van der Waals surface area contributed by atoms with Crippen molar-refractivity contribution in [1.82, 2.24) is 9.71 Å². The van der Waals surface area contributed by atoms with Gasteiger partial charge in [-0.3, -0.25) is 0 Å². The molecule has 0 spiro atoms. The fourth-order valence-corrected chi connectivity index (χ4v) is 5.52. The van der Waals surface area contributed by atoms with Crippen molar-refractivity contribution in [3.05, 3.63) is 52.7 Å². The molecule has 1 saturated heterocycles. The molecule has 2 heterocycles. The number of piperidine rings is 1. The van der Waals surface area contributed by atoms with Crippen LogP contribution in [0.3, 0.4) is 0 Å². The Bertz CT molecular complexity index is 877. The van der Waals surface area contributed by atoms with Crippen LogP contribution >= 0.6 is 0 Å². The van der Waals surface area contributed by atoms with Crippen LogP contribution in [-0.4, -0.2) is 33.0 Å². The highest BCUT2D eigenvalue weighted by Gasteiger charge is 2.25. The predicted molar refractivity (Wildman–Crippen MR) is 110 cm³/mol. The second-order valence-corrected chi connectivity index (χ2v) is 9.26. The number of nitrogens with zero attached hydrogens (tertiary/aromatic N) is 2. The lowest BCUT2D eigenvalue weighted by Gasteiger charge is -2.32. The van der Waals surface area contributed by atoms with Crippen molar-refractivity contribution >= 4 is 15.8 Å². The van der Waals surface area contributed by atoms with Crippen molar-refractivity contribution in [2.45, 2.75) is 45.4 Å². The first kappa shape index (κ1) is 19.8. The summed E-state index contributed by atoms with van der Waals surface area (Å²) >= 11 is 0. The maximum absolute atomic E-state index is 13.0. The highest BCUT2D eigenvalue weighted by atomic mass is 32.2. The van der Waals surface area contributed by atoms with Gasteiger partial charge < -0.3 is 4.90 Å². The lowest BCUT2D eigenvalue weighted by atomic mass is 9.97. The Labute approximate surface area is 162 Å². The molecule has 0 saturated carbocycles. The van der Waals surface area contributed by atoms with Crippen LogP contribution in [0.5, 0.6) is 0 Å². The van der Waals surface area contributed by atoms with Gasteiger partial charge in [-0.1, -0.05) is 12.1 Å². The Kier molecular flexibility index (Phi) is 5.86. The number of aryl methyl sites for hydroxylation is 2. The minimum absolute atomic E-state index is 0.353. The molecule has 1 fully saturated rings. The van der Waals surface area contributed by atoms with E-state index in [9.17, 15) is 8.42 Å². The van der Waals surface area contributed by atoms with Gasteiger partial charge in [-0.05, 0) is 80.8 Å². The molecule has 0 unspecified atom stereocenters. The van der Waals surface area contributed by atoms with E-state index in [2.05, 4.69) is 20.7 Å². The molecule has 27 heavy (non-hydrogen) atoms. The quantitative estimate of drug-likeness (QED) is 0.853. The van der Waals surface area contributed by atoms with Crippen molar-refractivity contribution in [3.63, 3.8) is 0 Å². The summed E-state index contributed by atoms with van der Waals surface area (Å²) in [6, 6.07) is 7.99. The first-order valence-electron chi connectivity index (χ1n) is 9.52. The summed E-state index contributed by atoms with van der Waals surface area (Å²) < 4.78 is 28.8. The van der Waals surface area contributed by atoms with Gasteiger partial charge in [-0.15, -0.1) is 0 Å². The van der Waals surface area contributed by atoms with Gasteiger partial charge in [0.15, 0.2) is 0 Å². The number of anilines is 1. The van der Waals surface area contributed by atoms with Crippen LogP contribution in [0.1, 0.15) is 35.1 Å². The number of sulfonamides is 1. The van der Waals surface area contributed by atoms with Crippen LogP contribution in [0.2, 0.25) is 0 Å². The number of pyridine rings is 1. The third kappa shape index (κ3) is 4.33. The number of benzene rings is 1. The van der Waals surface area contributed by atoms with Crippen LogP contribution in [0.15, 0.2) is 35.4 Å². The first-order valence-corrected chi connectivity index (χ1v) is 11.0. The fraction of sp³-hybridized carbons (Fsp3) is 0.476. The normalized spacial score (nSPS) is 15.9. The number of hydrogen-bond donors (Lipinski definition) is 1. The van der Waals surface area contributed by atoms with Crippen molar-refractivity contribution in [2.75, 3.05) is 24.5 Å². The van der Waals surface area contributed by atoms with Crippen LogP contribution in [-0.2, 0) is 10.0 Å². The molecule has 3 rings (SSSR count). The first-order chi connectivity index (χ1) is 12.8. The van der Waals surface area contributed by atoms with Crippen molar-refractivity contribution in [1.29, 1.82) is 0 Å². The van der Waals surface area contributed by atoms with Gasteiger partial charge in [-0.25, -0.2) is 18.1 Å². The maximum Gasteiger partial charge on any atom is 0.241 e. The highest BCUT2D eigenvalue weighted by Crippen LogP contribution is 2.27. The summed E-state index contributed by atoms with van der Waals surface area (Å²) in [5, 5.41) is 0. The van der Waals surface area contributed by atoms with Gasteiger partial charge in [0.05, 0.1) is 4.90 Å². The summed E-state index contributed by atoms with van der Waals surface area (Å²) in [4.78, 5) is 7.12. The van der Waals surface area contributed by atoms with Crippen molar-refractivity contribution < 1.29 is 8.42 Å². The Morgan fingerprint density at radius 3 is 2.26 bits per heavy atom. The number of hydrogen-bond acceptors (Lipinski definition) is 4. The van der Waals surface area contributed by atoms with Crippen LogP contribution in [0.4, 0.5) is 5.82 Å². The van der Waals surface area contributed by atoms with Gasteiger partial charge in [-0.2, -0.15) is 0 Å². The Hall–Kier alpha value is -1.92. The lowest BCUT2D eigenvalue weighted by Crippen LogP contribution is -2.39. The van der Waals surface area contributed by atoms with E-state index in [0.29, 0.717) is 17.4 Å². The SMILES string of the molecule is Cc1cc(C)c(C)c(S(=O)(=O)NCC2CCN(c3ccccn3)CC2)c1C. The summed E-state index contributed by atoms with van der Waals surface area (Å²) in [5.74, 6) is 1.35. The number of aromatic nitrogens is 1. The number of nitrogens with one attached hydrogen (secondary N) is 1. The molecule has 0 atom stereocenters. The van der Waals surface area contributed by atoms with Crippen molar-refractivity contribution in [2.24, 2.45) is 5.92 Å². The minimum atomic E-state index is -3.51. The molecule has 0 aliphatic carbocycles. The van der Waals surface area contributed by atoms with Crippen LogP contribution in [0.25, 0.3) is 0 Å². The van der Waals surface area contributed by atoms with Crippen LogP contribution in [0, 0.1) is 33.6 Å². The zero-order valence-electron chi connectivity index (χ0n) is 16.6. The molecule has 1 N–H and O–H groups in total. The summed E-state index contributed by atoms with van der Waals surface area (Å²) in [7, 11) is -3.51. The molecule has 1 aromatic heterocycles. The zero-order chi connectivity index (χ0) is 19.6. The standard InChI is InChI=1S/C21H29N3O2S/c1-15-13-16(2)18(4)21(17(15)3)27(25,26)23-14-19-8-11-24(12-9-19)20-7-5-6-10-22-20/h5-7,10,13,19,23H,8-9,11-12,14H2,1-4H3. The van der Waals surface area contributed by atoms with Gasteiger partial charge in [0.25, 0.3) is 0 Å². The topological polar surface area (TPSA) is 62.3 Å². The van der Waals surface area contributed by atoms with Gasteiger partial charge >= 0.3 is 0 Å². The smallest absolute Gasteiger partial charge is 0.241 e. The van der Waals surface area contributed by atoms with E-state index in [4.69, 9.17) is 0 Å². The Balaban J connectivity index is 1.64. The molecule has 146 valence electrons. The van der Waals surface area contributed by atoms with Gasteiger partial charge in [0, 0.05) is 25.8 Å². The van der Waals surface area contributed by atoms with E-state index in [0.717, 1.165) is 54.0 Å².